The summed E-state index contributed by atoms with van der Waals surface area (Å²) < 4.78 is 13.4. The number of carbonyl (C=O) groups excluding carboxylic acids is 1. The fourth-order valence-corrected chi connectivity index (χ4v) is 4.06. The molecule has 2 aliphatic heterocycles. The number of hydrogen-bond donors (Lipinski definition) is 0. The second-order valence-electron chi connectivity index (χ2n) is 7.39. The molecule has 3 aromatic rings. The van der Waals surface area contributed by atoms with E-state index in [1.807, 2.05) is 23.1 Å². The molecule has 0 aliphatic carbocycles. The number of fused-ring (bicyclic) bond motifs is 1. The van der Waals surface area contributed by atoms with E-state index in [9.17, 15) is 4.79 Å². The van der Waals surface area contributed by atoms with Gasteiger partial charge in [-0.15, -0.1) is 10.2 Å². The van der Waals surface area contributed by atoms with Gasteiger partial charge in [-0.3, -0.25) is 9.78 Å². The molecule has 0 saturated carbocycles. The van der Waals surface area contributed by atoms with Gasteiger partial charge in [0.1, 0.15) is 29.2 Å². The van der Waals surface area contributed by atoms with Crippen molar-refractivity contribution in [3.63, 3.8) is 0 Å². The average Bonchev–Trinajstić information content (AvgIpc) is 3.40. The summed E-state index contributed by atoms with van der Waals surface area (Å²) in [5, 5.41) is 12.5. The highest BCUT2D eigenvalue weighted by Gasteiger charge is 2.45. The second-order valence-corrected chi connectivity index (χ2v) is 7.39. The van der Waals surface area contributed by atoms with Crippen molar-refractivity contribution in [1.82, 2.24) is 29.8 Å². The van der Waals surface area contributed by atoms with Gasteiger partial charge >= 0.3 is 0 Å². The fourth-order valence-electron chi connectivity index (χ4n) is 4.06. The second kappa shape index (κ2) is 6.23. The Balaban J connectivity index is 1.41. The summed E-state index contributed by atoms with van der Waals surface area (Å²) in [5.41, 5.74) is 1.49. The highest BCUT2D eigenvalue weighted by Crippen LogP contribution is 2.35. The molecule has 1 amide bonds. The summed E-state index contributed by atoms with van der Waals surface area (Å²) in [6.07, 6.45) is 2.49. The summed E-state index contributed by atoms with van der Waals surface area (Å²) in [4.78, 5) is 19.2. The monoisotopic (exact) mass is 380 g/mol. The molecule has 9 heteroatoms. The van der Waals surface area contributed by atoms with Crippen LogP contribution >= 0.6 is 0 Å². The number of aromatic nitrogens is 5. The van der Waals surface area contributed by atoms with Crippen molar-refractivity contribution in [1.29, 1.82) is 0 Å². The van der Waals surface area contributed by atoms with Gasteiger partial charge in [0.05, 0.1) is 18.8 Å². The van der Waals surface area contributed by atoms with Gasteiger partial charge in [-0.05, 0) is 32.4 Å². The van der Waals surface area contributed by atoms with E-state index in [0.29, 0.717) is 43.3 Å². The van der Waals surface area contributed by atoms with Crippen molar-refractivity contribution in [3.05, 3.63) is 47.2 Å². The van der Waals surface area contributed by atoms with Crippen molar-refractivity contribution in [2.24, 2.45) is 0 Å². The highest BCUT2D eigenvalue weighted by atomic mass is 16.5. The maximum atomic E-state index is 13.0. The van der Waals surface area contributed by atoms with Crippen LogP contribution in [0.25, 0.3) is 11.5 Å². The van der Waals surface area contributed by atoms with Crippen LogP contribution in [0.3, 0.4) is 0 Å². The normalized spacial score (nSPS) is 21.3. The Bertz CT molecular complexity index is 1020. The standard InChI is InChI=1S/C19H20N6O3/c1-12-16(13(2)28-23-12)18(26)24-8-6-19(10-24)11-25-15(9-27-19)21-22-17(25)14-5-3-4-7-20-14/h3-5,7H,6,8-11H2,1-2H3. The van der Waals surface area contributed by atoms with Crippen LogP contribution in [0.1, 0.15) is 34.1 Å². The number of pyridine rings is 1. The van der Waals surface area contributed by atoms with Crippen LogP contribution in [0.5, 0.6) is 0 Å². The third-order valence-electron chi connectivity index (χ3n) is 5.53. The molecule has 1 atom stereocenters. The maximum Gasteiger partial charge on any atom is 0.259 e. The molecule has 0 bridgehead atoms. The molecule has 0 N–H and O–H groups in total. The summed E-state index contributed by atoms with van der Waals surface area (Å²) in [7, 11) is 0. The number of likely N-dealkylation sites (tertiary alicyclic amines) is 1. The molecule has 1 saturated heterocycles. The van der Waals surface area contributed by atoms with Crippen molar-refractivity contribution in [2.75, 3.05) is 13.1 Å². The molecule has 9 nitrogen and oxygen atoms in total. The minimum atomic E-state index is -0.451. The quantitative estimate of drug-likeness (QED) is 0.668. The van der Waals surface area contributed by atoms with E-state index in [-0.39, 0.29) is 5.91 Å². The van der Waals surface area contributed by atoms with E-state index in [0.717, 1.165) is 23.8 Å². The van der Waals surface area contributed by atoms with Crippen LogP contribution in [0.15, 0.2) is 28.9 Å². The number of rotatable bonds is 2. The van der Waals surface area contributed by atoms with Gasteiger partial charge in [0.15, 0.2) is 11.6 Å². The summed E-state index contributed by atoms with van der Waals surface area (Å²) >= 11 is 0. The first-order chi connectivity index (χ1) is 13.6. The molecular formula is C19H20N6O3. The zero-order chi connectivity index (χ0) is 19.3. The first-order valence-electron chi connectivity index (χ1n) is 9.26. The number of hydrogen-bond acceptors (Lipinski definition) is 7. The number of carbonyl (C=O) groups is 1. The van der Waals surface area contributed by atoms with E-state index in [1.54, 1.807) is 20.0 Å². The molecule has 3 aromatic heterocycles. The Morgan fingerprint density at radius 3 is 2.86 bits per heavy atom. The lowest BCUT2D eigenvalue weighted by Gasteiger charge is -2.34. The zero-order valence-electron chi connectivity index (χ0n) is 15.8. The molecule has 5 heterocycles. The minimum absolute atomic E-state index is 0.0590. The van der Waals surface area contributed by atoms with Crippen LogP contribution in [0, 0.1) is 13.8 Å². The van der Waals surface area contributed by atoms with Gasteiger partial charge in [0, 0.05) is 12.7 Å². The molecule has 1 unspecified atom stereocenters. The summed E-state index contributed by atoms with van der Waals surface area (Å²) in [6.45, 7) is 5.64. The molecule has 0 radical (unpaired) electrons. The summed E-state index contributed by atoms with van der Waals surface area (Å²) in [5.74, 6) is 2.00. The van der Waals surface area contributed by atoms with Crippen molar-refractivity contribution < 1.29 is 14.1 Å². The molecule has 5 rings (SSSR count). The number of nitrogens with zero attached hydrogens (tertiary/aromatic N) is 6. The van der Waals surface area contributed by atoms with Gasteiger partial charge in [-0.2, -0.15) is 0 Å². The largest absolute Gasteiger partial charge is 0.363 e. The SMILES string of the molecule is Cc1noc(C)c1C(=O)N1CCC2(C1)Cn1c(nnc1-c1ccccn1)CO2. The molecule has 144 valence electrons. The first-order valence-corrected chi connectivity index (χ1v) is 9.26. The third-order valence-corrected chi connectivity index (χ3v) is 5.53. The maximum absolute atomic E-state index is 13.0. The van der Waals surface area contributed by atoms with Crippen molar-refractivity contribution in [2.45, 2.75) is 39.0 Å². The minimum Gasteiger partial charge on any atom is -0.363 e. The predicted molar refractivity (Wildman–Crippen MR) is 97.3 cm³/mol. The predicted octanol–water partition coefficient (Wildman–Crippen LogP) is 1.76. The van der Waals surface area contributed by atoms with E-state index < -0.39 is 5.60 Å². The third kappa shape index (κ3) is 2.62. The Hall–Kier alpha value is -3.07. The lowest BCUT2D eigenvalue weighted by molar-refractivity contribution is -0.0805. The number of aryl methyl sites for hydroxylation is 2. The van der Waals surface area contributed by atoms with Gasteiger partial charge in [-0.1, -0.05) is 11.2 Å². The lowest BCUT2D eigenvalue weighted by Crippen LogP contribution is -2.45. The Morgan fingerprint density at radius 1 is 1.21 bits per heavy atom. The van der Waals surface area contributed by atoms with Crippen LogP contribution < -0.4 is 0 Å². The van der Waals surface area contributed by atoms with Gasteiger partial charge < -0.3 is 18.7 Å². The number of amides is 1. The van der Waals surface area contributed by atoms with Gasteiger partial charge in [0.2, 0.25) is 0 Å². The molecule has 1 fully saturated rings. The first kappa shape index (κ1) is 17.1. The van der Waals surface area contributed by atoms with Crippen LogP contribution in [-0.2, 0) is 17.9 Å². The van der Waals surface area contributed by atoms with E-state index in [4.69, 9.17) is 9.26 Å². The van der Waals surface area contributed by atoms with E-state index in [1.165, 1.54) is 0 Å². The van der Waals surface area contributed by atoms with Crippen LogP contribution in [-0.4, -0.2) is 54.4 Å². The smallest absolute Gasteiger partial charge is 0.259 e. The average molecular weight is 380 g/mol. The van der Waals surface area contributed by atoms with E-state index >= 15 is 0 Å². The fraction of sp³-hybridized carbons (Fsp3) is 0.421. The van der Waals surface area contributed by atoms with Crippen LogP contribution in [0.4, 0.5) is 0 Å². The Morgan fingerprint density at radius 2 is 2.11 bits per heavy atom. The molecule has 2 aliphatic rings. The molecule has 1 spiro atoms. The topological polar surface area (TPSA) is 99.2 Å². The molecule has 0 aromatic carbocycles. The zero-order valence-corrected chi connectivity index (χ0v) is 15.8. The molecule has 28 heavy (non-hydrogen) atoms. The lowest BCUT2D eigenvalue weighted by atomic mass is 10.0. The highest BCUT2D eigenvalue weighted by molar-refractivity contribution is 5.96. The van der Waals surface area contributed by atoms with Crippen molar-refractivity contribution in [3.8, 4) is 11.5 Å². The van der Waals surface area contributed by atoms with Crippen LogP contribution in [0.2, 0.25) is 0 Å². The van der Waals surface area contributed by atoms with Gasteiger partial charge in [0.25, 0.3) is 5.91 Å². The summed E-state index contributed by atoms with van der Waals surface area (Å²) in [6, 6.07) is 5.72. The van der Waals surface area contributed by atoms with E-state index in [2.05, 4.69) is 24.9 Å². The molecular weight excluding hydrogens is 360 g/mol. The van der Waals surface area contributed by atoms with Gasteiger partial charge in [-0.25, -0.2) is 0 Å². The Kier molecular flexibility index (Phi) is 3.80. The Labute approximate surface area is 161 Å². The van der Waals surface area contributed by atoms with Crippen molar-refractivity contribution >= 4 is 5.91 Å². The number of ether oxygens (including phenoxy) is 1.